The SMILES string of the molecule is c1ccc(-c2ncc3c(n2)CCCC3NC2CCOCC2)cc1. The van der Waals surface area contributed by atoms with Crippen LogP contribution in [0.15, 0.2) is 36.5 Å². The predicted molar refractivity (Wildman–Crippen MR) is 90.1 cm³/mol. The molecule has 1 aliphatic carbocycles. The Balaban J connectivity index is 1.56. The average molecular weight is 309 g/mol. The molecule has 1 unspecified atom stereocenters. The van der Waals surface area contributed by atoms with Crippen LogP contribution in [-0.2, 0) is 11.2 Å². The van der Waals surface area contributed by atoms with Crippen LogP contribution < -0.4 is 5.32 Å². The van der Waals surface area contributed by atoms with E-state index in [-0.39, 0.29) is 0 Å². The number of nitrogens with one attached hydrogen (secondary N) is 1. The van der Waals surface area contributed by atoms with Gasteiger partial charge in [-0.2, -0.15) is 0 Å². The minimum Gasteiger partial charge on any atom is -0.381 e. The molecule has 2 heterocycles. The lowest BCUT2D eigenvalue weighted by atomic mass is 9.91. The van der Waals surface area contributed by atoms with E-state index in [1.807, 2.05) is 24.4 Å². The van der Waals surface area contributed by atoms with Crippen LogP contribution in [0.4, 0.5) is 0 Å². The van der Waals surface area contributed by atoms with E-state index in [0.717, 1.165) is 43.9 Å². The molecule has 1 N–H and O–H groups in total. The molecule has 1 aromatic carbocycles. The molecule has 1 atom stereocenters. The Morgan fingerprint density at radius 2 is 1.87 bits per heavy atom. The fourth-order valence-corrected chi connectivity index (χ4v) is 3.60. The number of rotatable bonds is 3. The number of fused-ring (bicyclic) bond motifs is 1. The lowest BCUT2D eigenvalue weighted by molar-refractivity contribution is 0.0741. The number of aryl methyl sites for hydroxylation is 1. The molecule has 1 saturated heterocycles. The van der Waals surface area contributed by atoms with E-state index in [9.17, 15) is 0 Å². The molecule has 0 amide bonds. The van der Waals surface area contributed by atoms with Crippen molar-refractivity contribution in [2.45, 2.75) is 44.2 Å². The van der Waals surface area contributed by atoms with Crippen molar-refractivity contribution in [3.8, 4) is 11.4 Å². The predicted octanol–water partition coefficient (Wildman–Crippen LogP) is 3.29. The standard InChI is InChI=1S/C19H23N3O/c1-2-5-14(6-3-1)19-20-13-16-17(7-4-8-18(16)22-19)21-15-9-11-23-12-10-15/h1-3,5-6,13,15,17,21H,4,7-12H2. The molecule has 23 heavy (non-hydrogen) atoms. The number of hydrogen-bond acceptors (Lipinski definition) is 4. The molecule has 120 valence electrons. The van der Waals surface area contributed by atoms with Gasteiger partial charge in [-0.3, -0.25) is 0 Å². The Kier molecular flexibility index (Phi) is 4.35. The van der Waals surface area contributed by atoms with E-state index in [1.165, 1.54) is 24.1 Å². The zero-order chi connectivity index (χ0) is 15.5. The molecular weight excluding hydrogens is 286 g/mol. The summed E-state index contributed by atoms with van der Waals surface area (Å²) in [4.78, 5) is 9.48. The molecule has 2 aliphatic rings. The van der Waals surface area contributed by atoms with Gasteiger partial charge in [0.1, 0.15) is 0 Å². The molecule has 0 bridgehead atoms. The molecule has 0 spiro atoms. The van der Waals surface area contributed by atoms with Gasteiger partial charge in [-0.1, -0.05) is 30.3 Å². The molecule has 4 nitrogen and oxygen atoms in total. The van der Waals surface area contributed by atoms with Crippen molar-refractivity contribution in [3.05, 3.63) is 47.8 Å². The van der Waals surface area contributed by atoms with Crippen molar-refractivity contribution in [2.75, 3.05) is 13.2 Å². The van der Waals surface area contributed by atoms with E-state index in [0.29, 0.717) is 12.1 Å². The van der Waals surface area contributed by atoms with Crippen LogP contribution in [0, 0.1) is 0 Å². The van der Waals surface area contributed by atoms with Crippen molar-refractivity contribution in [1.82, 2.24) is 15.3 Å². The van der Waals surface area contributed by atoms with E-state index >= 15 is 0 Å². The number of aromatic nitrogens is 2. The van der Waals surface area contributed by atoms with Crippen LogP contribution in [0.5, 0.6) is 0 Å². The fourth-order valence-electron chi connectivity index (χ4n) is 3.60. The third-order valence-corrected chi connectivity index (χ3v) is 4.87. The zero-order valence-corrected chi connectivity index (χ0v) is 13.4. The van der Waals surface area contributed by atoms with Crippen molar-refractivity contribution < 1.29 is 4.74 Å². The minimum atomic E-state index is 0.395. The molecule has 1 aliphatic heterocycles. The van der Waals surface area contributed by atoms with E-state index in [2.05, 4.69) is 22.4 Å². The smallest absolute Gasteiger partial charge is 0.159 e. The maximum absolute atomic E-state index is 5.46. The van der Waals surface area contributed by atoms with Gasteiger partial charge in [0.2, 0.25) is 0 Å². The van der Waals surface area contributed by atoms with E-state index in [1.54, 1.807) is 0 Å². The largest absolute Gasteiger partial charge is 0.381 e. The first kappa shape index (κ1) is 14.8. The number of benzene rings is 1. The Morgan fingerprint density at radius 1 is 1.04 bits per heavy atom. The summed E-state index contributed by atoms with van der Waals surface area (Å²) in [5.74, 6) is 0.844. The summed E-state index contributed by atoms with van der Waals surface area (Å²) in [6.07, 6.45) is 7.69. The first-order valence-corrected chi connectivity index (χ1v) is 8.65. The summed E-state index contributed by atoms with van der Waals surface area (Å²) >= 11 is 0. The summed E-state index contributed by atoms with van der Waals surface area (Å²) in [5.41, 5.74) is 3.60. The summed E-state index contributed by atoms with van der Waals surface area (Å²) in [6, 6.07) is 11.2. The molecule has 0 saturated carbocycles. The molecule has 1 fully saturated rings. The lowest BCUT2D eigenvalue weighted by Crippen LogP contribution is -2.38. The number of ether oxygens (including phenoxy) is 1. The van der Waals surface area contributed by atoms with Crippen LogP contribution in [0.3, 0.4) is 0 Å². The number of nitrogens with zero attached hydrogens (tertiary/aromatic N) is 2. The van der Waals surface area contributed by atoms with Gasteiger partial charge < -0.3 is 10.1 Å². The lowest BCUT2D eigenvalue weighted by Gasteiger charge is -2.31. The number of hydrogen-bond donors (Lipinski definition) is 1. The monoisotopic (exact) mass is 309 g/mol. The first-order valence-electron chi connectivity index (χ1n) is 8.65. The maximum Gasteiger partial charge on any atom is 0.159 e. The van der Waals surface area contributed by atoms with Crippen LogP contribution >= 0.6 is 0 Å². The Morgan fingerprint density at radius 3 is 2.70 bits per heavy atom. The zero-order valence-electron chi connectivity index (χ0n) is 13.4. The Hall–Kier alpha value is -1.78. The summed E-state index contributed by atoms with van der Waals surface area (Å²) in [5, 5.41) is 3.81. The summed E-state index contributed by atoms with van der Waals surface area (Å²) < 4.78 is 5.46. The topological polar surface area (TPSA) is 47.0 Å². The van der Waals surface area contributed by atoms with Gasteiger partial charge in [0.25, 0.3) is 0 Å². The maximum atomic E-state index is 5.46. The van der Waals surface area contributed by atoms with Crippen molar-refractivity contribution in [1.29, 1.82) is 0 Å². The van der Waals surface area contributed by atoms with Gasteiger partial charge in [0.05, 0.1) is 0 Å². The van der Waals surface area contributed by atoms with Gasteiger partial charge in [-0.05, 0) is 32.1 Å². The third-order valence-electron chi connectivity index (χ3n) is 4.87. The third kappa shape index (κ3) is 3.28. The molecule has 4 heteroatoms. The van der Waals surface area contributed by atoms with Crippen LogP contribution in [0.2, 0.25) is 0 Å². The normalized spacial score (nSPS) is 21.8. The fraction of sp³-hybridized carbons (Fsp3) is 0.474. The van der Waals surface area contributed by atoms with Crippen molar-refractivity contribution >= 4 is 0 Å². The van der Waals surface area contributed by atoms with Gasteiger partial charge in [0, 0.05) is 48.3 Å². The van der Waals surface area contributed by atoms with Gasteiger partial charge in [-0.15, -0.1) is 0 Å². The second kappa shape index (κ2) is 6.77. The summed E-state index contributed by atoms with van der Waals surface area (Å²) in [6.45, 7) is 1.75. The molecule has 0 radical (unpaired) electrons. The first-order chi connectivity index (χ1) is 11.4. The highest BCUT2D eigenvalue weighted by Gasteiger charge is 2.25. The Labute approximate surface area is 137 Å². The molecule has 2 aromatic rings. The van der Waals surface area contributed by atoms with Crippen molar-refractivity contribution in [3.63, 3.8) is 0 Å². The highest BCUT2D eigenvalue weighted by atomic mass is 16.5. The van der Waals surface area contributed by atoms with E-state index in [4.69, 9.17) is 9.72 Å². The van der Waals surface area contributed by atoms with Crippen LogP contribution in [-0.4, -0.2) is 29.2 Å². The van der Waals surface area contributed by atoms with E-state index < -0.39 is 0 Å². The molecular formula is C19H23N3O. The highest BCUT2D eigenvalue weighted by Crippen LogP contribution is 2.30. The van der Waals surface area contributed by atoms with Crippen LogP contribution in [0.25, 0.3) is 11.4 Å². The second-order valence-electron chi connectivity index (χ2n) is 6.46. The molecule has 1 aromatic heterocycles. The molecule has 4 rings (SSSR count). The quantitative estimate of drug-likeness (QED) is 0.945. The van der Waals surface area contributed by atoms with Gasteiger partial charge in [-0.25, -0.2) is 9.97 Å². The van der Waals surface area contributed by atoms with Gasteiger partial charge in [0.15, 0.2) is 5.82 Å². The van der Waals surface area contributed by atoms with Gasteiger partial charge >= 0.3 is 0 Å². The Bertz CT molecular complexity index is 653. The van der Waals surface area contributed by atoms with Crippen molar-refractivity contribution in [2.24, 2.45) is 0 Å². The summed E-state index contributed by atoms with van der Waals surface area (Å²) in [7, 11) is 0. The second-order valence-corrected chi connectivity index (χ2v) is 6.46. The van der Waals surface area contributed by atoms with Crippen LogP contribution in [0.1, 0.15) is 43.0 Å². The minimum absolute atomic E-state index is 0.395. The average Bonchev–Trinajstić information content (AvgIpc) is 2.63. The highest BCUT2D eigenvalue weighted by molar-refractivity contribution is 5.55.